The molecule has 0 radical (unpaired) electrons. The van der Waals surface area contributed by atoms with Crippen LogP contribution in [0.2, 0.25) is 0 Å². The van der Waals surface area contributed by atoms with E-state index in [1.54, 1.807) is 0 Å². The number of fused-ring (bicyclic) bond motifs is 1. The lowest BCUT2D eigenvalue weighted by Crippen LogP contribution is -2.34. The number of para-hydroxylation sites is 1. The number of hydrogen-bond acceptors (Lipinski definition) is 1. The number of amides is 1. The summed E-state index contributed by atoms with van der Waals surface area (Å²) in [4.78, 5) is 17.9. The molecule has 4 heteroatoms. The molecule has 1 aliphatic rings. The van der Waals surface area contributed by atoms with Crippen molar-refractivity contribution >= 4 is 32.7 Å². The summed E-state index contributed by atoms with van der Waals surface area (Å²) < 4.78 is 0.985. The third-order valence-electron chi connectivity index (χ3n) is 4.99. The maximum Gasteiger partial charge on any atom is 0.253 e. The lowest BCUT2D eigenvalue weighted by Gasteiger charge is -2.24. The number of rotatable bonds is 4. The summed E-state index contributed by atoms with van der Waals surface area (Å²) >= 11 is 3.41. The average molecular weight is 383 g/mol. The minimum Gasteiger partial charge on any atom is -0.361 e. The minimum atomic E-state index is 0.0774. The standard InChI is InChI=1S/C20H19BrN2O/c1-23(19(24)14-6-8-15(21)9-7-14)13-20(10-11-20)17-12-22-18-5-3-2-4-16(17)18/h2-9,12,22H,10-11,13H2,1H3. The van der Waals surface area contributed by atoms with Gasteiger partial charge in [-0.2, -0.15) is 0 Å². The van der Waals surface area contributed by atoms with Gasteiger partial charge in [-0.25, -0.2) is 0 Å². The summed E-state index contributed by atoms with van der Waals surface area (Å²) in [6, 6.07) is 15.9. The molecule has 0 aliphatic heterocycles. The Labute approximate surface area is 149 Å². The van der Waals surface area contributed by atoms with Gasteiger partial charge in [0.05, 0.1) is 0 Å². The zero-order valence-corrected chi connectivity index (χ0v) is 15.1. The molecule has 3 nitrogen and oxygen atoms in total. The zero-order chi connectivity index (χ0) is 16.7. The molecule has 0 atom stereocenters. The van der Waals surface area contributed by atoms with E-state index < -0.39 is 0 Å². The number of benzene rings is 2. The SMILES string of the molecule is CN(CC1(c2c[nH]c3ccccc23)CC1)C(=O)c1ccc(Br)cc1. The first-order chi connectivity index (χ1) is 11.6. The van der Waals surface area contributed by atoms with Crippen molar-refractivity contribution in [3.05, 3.63) is 70.3 Å². The van der Waals surface area contributed by atoms with Crippen LogP contribution in [0.25, 0.3) is 10.9 Å². The number of nitrogens with one attached hydrogen (secondary N) is 1. The van der Waals surface area contributed by atoms with Crippen molar-refractivity contribution in [2.75, 3.05) is 13.6 Å². The molecule has 122 valence electrons. The van der Waals surface area contributed by atoms with Crippen LogP contribution in [-0.4, -0.2) is 29.4 Å². The molecule has 3 aromatic rings. The van der Waals surface area contributed by atoms with Crippen LogP contribution in [0.3, 0.4) is 0 Å². The second kappa shape index (κ2) is 5.78. The van der Waals surface area contributed by atoms with E-state index in [9.17, 15) is 4.79 Å². The first-order valence-electron chi connectivity index (χ1n) is 8.17. The van der Waals surface area contributed by atoms with Gasteiger partial charge in [0, 0.05) is 46.1 Å². The number of halogens is 1. The topological polar surface area (TPSA) is 36.1 Å². The molecule has 1 N–H and O–H groups in total. The predicted octanol–water partition coefficient (Wildman–Crippen LogP) is 4.73. The first kappa shape index (κ1) is 15.5. The van der Waals surface area contributed by atoms with Crippen molar-refractivity contribution in [2.45, 2.75) is 18.3 Å². The Morgan fingerprint density at radius 2 is 1.88 bits per heavy atom. The monoisotopic (exact) mass is 382 g/mol. The van der Waals surface area contributed by atoms with E-state index in [4.69, 9.17) is 0 Å². The number of H-pyrrole nitrogens is 1. The van der Waals surface area contributed by atoms with Crippen molar-refractivity contribution < 1.29 is 4.79 Å². The Balaban J connectivity index is 1.58. The van der Waals surface area contributed by atoms with E-state index in [2.05, 4.69) is 45.3 Å². The van der Waals surface area contributed by atoms with Gasteiger partial charge in [-0.05, 0) is 48.7 Å². The Bertz CT molecular complexity index is 893. The van der Waals surface area contributed by atoms with Crippen LogP contribution < -0.4 is 0 Å². The van der Waals surface area contributed by atoms with Crippen molar-refractivity contribution in [2.24, 2.45) is 0 Å². The summed E-state index contributed by atoms with van der Waals surface area (Å²) in [5, 5.41) is 1.28. The van der Waals surface area contributed by atoms with E-state index in [-0.39, 0.29) is 11.3 Å². The summed E-state index contributed by atoms with van der Waals surface area (Å²) in [5.41, 5.74) is 3.34. The number of nitrogens with zero attached hydrogens (tertiary/aromatic N) is 1. The van der Waals surface area contributed by atoms with Crippen LogP contribution >= 0.6 is 15.9 Å². The number of hydrogen-bond donors (Lipinski definition) is 1. The highest BCUT2D eigenvalue weighted by Crippen LogP contribution is 2.50. The molecule has 1 aromatic heterocycles. The average Bonchev–Trinajstić information content (AvgIpc) is 3.23. The fourth-order valence-electron chi connectivity index (χ4n) is 3.51. The molecule has 1 aliphatic carbocycles. The summed E-state index contributed by atoms with van der Waals surface area (Å²) in [5.74, 6) is 0.0774. The number of carbonyl (C=O) groups is 1. The molecule has 4 rings (SSSR count). The highest BCUT2D eigenvalue weighted by atomic mass is 79.9. The predicted molar refractivity (Wildman–Crippen MR) is 100 cm³/mol. The largest absolute Gasteiger partial charge is 0.361 e. The van der Waals surface area contributed by atoms with Crippen molar-refractivity contribution in [3.63, 3.8) is 0 Å². The van der Waals surface area contributed by atoms with E-state index in [1.807, 2.05) is 42.3 Å². The zero-order valence-electron chi connectivity index (χ0n) is 13.6. The second-order valence-electron chi connectivity index (χ2n) is 6.70. The van der Waals surface area contributed by atoms with Gasteiger partial charge in [0.2, 0.25) is 0 Å². The second-order valence-corrected chi connectivity index (χ2v) is 7.61. The molecule has 24 heavy (non-hydrogen) atoms. The minimum absolute atomic E-state index is 0.0774. The number of carbonyl (C=O) groups excluding carboxylic acids is 1. The van der Waals surface area contributed by atoms with Crippen LogP contribution in [-0.2, 0) is 5.41 Å². The van der Waals surface area contributed by atoms with Crippen LogP contribution in [0.15, 0.2) is 59.2 Å². The van der Waals surface area contributed by atoms with E-state index >= 15 is 0 Å². The van der Waals surface area contributed by atoms with Gasteiger partial charge in [0.15, 0.2) is 0 Å². The lowest BCUT2D eigenvalue weighted by atomic mass is 9.94. The smallest absolute Gasteiger partial charge is 0.253 e. The van der Waals surface area contributed by atoms with Gasteiger partial charge < -0.3 is 9.88 Å². The van der Waals surface area contributed by atoms with Crippen molar-refractivity contribution in [1.82, 2.24) is 9.88 Å². The lowest BCUT2D eigenvalue weighted by molar-refractivity contribution is 0.0781. The molecule has 1 saturated carbocycles. The Morgan fingerprint density at radius 1 is 1.17 bits per heavy atom. The molecular formula is C20H19BrN2O. The highest BCUT2D eigenvalue weighted by molar-refractivity contribution is 9.10. The van der Waals surface area contributed by atoms with E-state index in [1.165, 1.54) is 16.5 Å². The van der Waals surface area contributed by atoms with E-state index in [0.29, 0.717) is 0 Å². The number of aromatic amines is 1. The van der Waals surface area contributed by atoms with Crippen molar-refractivity contribution in [1.29, 1.82) is 0 Å². The molecule has 1 amide bonds. The third-order valence-corrected chi connectivity index (χ3v) is 5.52. The molecular weight excluding hydrogens is 364 g/mol. The van der Waals surface area contributed by atoms with Gasteiger partial charge in [0.1, 0.15) is 0 Å². The van der Waals surface area contributed by atoms with Crippen LogP contribution in [0.4, 0.5) is 0 Å². The normalized spacial score (nSPS) is 15.4. The number of aromatic nitrogens is 1. The van der Waals surface area contributed by atoms with Crippen molar-refractivity contribution in [3.8, 4) is 0 Å². The third kappa shape index (κ3) is 2.65. The van der Waals surface area contributed by atoms with Gasteiger partial charge >= 0.3 is 0 Å². The maximum atomic E-state index is 12.7. The Hall–Kier alpha value is -2.07. The molecule has 1 heterocycles. The summed E-state index contributed by atoms with van der Waals surface area (Å²) in [6.45, 7) is 0.754. The van der Waals surface area contributed by atoms with Crippen LogP contribution in [0.1, 0.15) is 28.8 Å². The Kier molecular flexibility index (Phi) is 3.72. The fraction of sp³-hybridized carbons (Fsp3) is 0.250. The van der Waals surface area contributed by atoms with Gasteiger partial charge in [0.25, 0.3) is 5.91 Å². The molecule has 0 unspecified atom stereocenters. The first-order valence-corrected chi connectivity index (χ1v) is 8.96. The van der Waals surface area contributed by atoms with Gasteiger partial charge in [-0.3, -0.25) is 4.79 Å². The molecule has 0 bridgehead atoms. The fourth-order valence-corrected chi connectivity index (χ4v) is 3.78. The molecule has 2 aromatic carbocycles. The summed E-state index contributed by atoms with van der Waals surface area (Å²) in [6.07, 6.45) is 4.38. The summed E-state index contributed by atoms with van der Waals surface area (Å²) in [7, 11) is 1.90. The number of likely N-dealkylation sites (N-methyl/N-ethyl adjacent to an activating group) is 1. The maximum absolute atomic E-state index is 12.7. The molecule has 0 spiro atoms. The molecule has 1 fully saturated rings. The van der Waals surface area contributed by atoms with E-state index in [0.717, 1.165) is 29.4 Å². The van der Waals surface area contributed by atoms with Gasteiger partial charge in [-0.1, -0.05) is 34.1 Å². The Morgan fingerprint density at radius 3 is 2.58 bits per heavy atom. The van der Waals surface area contributed by atoms with Gasteiger partial charge in [-0.15, -0.1) is 0 Å². The van der Waals surface area contributed by atoms with Crippen LogP contribution in [0.5, 0.6) is 0 Å². The highest BCUT2D eigenvalue weighted by Gasteiger charge is 2.47. The molecule has 0 saturated heterocycles. The van der Waals surface area contributed by atoms with Crippen LogP contribution in [0, 0.1) is 0 Å². The quantitative estimate of drug-likeness (QED) is 0.695.